The minimum atomic E-state index is -4.27. The molecule has 4 nitrogen and oxygen atoms in total. The van der Waals surface area contributed by atoms with E-state index in [4.69, 9.17) is 0 Å². The third kappa shape index (κ3) is 4.38. The van der Waals surface area contributed by atoms with Crippen LogP contribution in [-0.4, -0.2) is 40.5 Å². The van der Waals surface area contributed by atoms with Gasteiger partial charge in [-0.2, -0.15) is 13.2 Å². The zero-order chi connectivity index (χ0) is 13.1. The number of nitrogens with zero attached hydrogens (tertiary/aromatic N) is 3. The van der Waals surface area contributed by atoms with E-state index < -0.39 is 25.0 Å². The normalized spacial score (nSPS) is 11.4. The molecule has 0 aliphatic heterocycles. The Labute approximate surface area is 96.5 Å². The predicted octanol–water partition coefficient (Wildman–Crippen LogP) is 1.81. The van der Waals surface area contributed by atoms with Crippen LogP contribution in [0.3, 0.4) is 0 Å². The van der Waals surface area contributed by atoms with E-state index in [1.165, 1.54) is 19.4 Å². The molecule has 0 saturated heterocycles. The number of carbonyl (C=O) groups excluding carboxylic acids is 1. The van der Waals surface area contributed by atoms with Gasteiger partial charge in [-0.1, -0.05) is 0 Å². The first-order chi connectivity index (χ1) is 7.79. The molecule has 1 aromatic heterocycles. The summed E-state index contributed by atoms with van der Waals surface area (Å²) in [5.74, 6) is -0.568. The molecule has 0 saturated carbocycles. The summed E-state index contributed by atoms with van der Waals surface area (Å²) in [4.78, 5) is 20.3. The maximum Gasteiger partial charge on any atom is 0.390 e. The summed E-state index contributed by atoms with van der Waals surface area (Å²) < 4.78 is 35.9. The average Bonchev–Trinajstić information content (AvgIpc) is 2.25. The van der Waals surface area contributed by atoms with Crippen molar-refractivity contribution in [1.29, 1.82) is 0 Å². The van der Waals surface area contributed by atoms with Crippen LogP contribution in [-0.2, 0) is 0 Å². The topological polar surface area (TPSA) is 46.1 Å². The van der Waals surface area contributed by atoms with Crippen molar-refractivity contribution in [2.24, 2.45) is 0 Å². The Kier molecular flexibility index (Phi) is 4.03. The van der Waals surface area contributed by atoms with Crippen molar-refractivity contribution in [1.82, 2.24) is 14.9 Å². The standard InChI is InChI=1S/C10H12F3N3O/c1-7-5-15-8(6-14-7)9(17)16(2)4-3-10(11,12)13/h5-6H,3-4H2,1-2H3. The average molecular weight is 247 g/mol. The number of alkyl halides is 3. The highest BCUT2D eigenvalue weighted by Gasteiger charge is 2.28. The second-order valence-corrected chi connectivity index (χ2v) is 3.63. The van der Waals surface area contributed by atoms with Gasteiger partial charge < -0.3 is 4.90 Å². The Morgan fingerprint density at radius 2 is 2.00 bits per heavy atom. The Bertz CT molecular complexity index is 389. The maximum atomic E-state index is 12.0. The van der Waals surface area contributed by atoms with Crippen molar-refractivity contribution in [2.45, 2.75) is 19.5 Å². The summed E-state index contributed by atoms with van der Waals surface area (Å²) in [5.41, 5.74) is 0.680. The molecule has 7 heteroatoms. The molecule has 0 aliphatic rings. The maximum absolute atomic E-state index is 12.0. The molecule has 0 radical (unpaired) electrons. The van der Waals surface area contributed by atoms with Crippen LogP contribution in [0.2, 0.25) is 0 Å². The highest BCUT2D eigenvalue weighted by Crippen LogP contribution is 2.19. The van der Waals surface area contributed by atoms with E-state index in [1.807, 2.05) is 0 Å². The lowest BCUT2D eigenvalue weighted by atomic mass is 10.3. The molecule has 1 aromatic rings. The van der Waals surface area contributed by atoms with Crippen molar-refractivity contribution in [3.63, 3.8) is 0 Å². The van der Waals surface area contributed by atoms with E-state index in [-0.39, 0.29) is 5.69 Å². The van der Waals surface area contributed by atoms with Crippen molar-refractivity contribution in [3.8, 4) is 0 Å². The van der Waals surface area contributed by atoms with Gasteiger partial charge in [0, 0.05) is 19.8 Å². The lowest BCUT2D eigenvalue weighted by Crippen LogP contribution is -2.31. The summed E-state index contributed by atoms with van der Waals surface area (Å²) in [6.45, 7) is 1.31. The molecule has 17 heavy (non-hydrogen) atoms. The zero-order valence-electron chi connectivity index (χ0n) is 9.45. The molecule has 0 N–H and O–H groups in total. The predicted molar refractivity (Wildman–Crippen MR) is 54.4 cm³/mol. The highest BCUT2D eigenvalue weighted by molar-refractivity contribution is 5.91. The zero-order valence-corrected chi connectivity index (χ0v) is 9.45. The first kappa shape index (κ1) is 13.4. The molecular formula is C10H12F3N3O. The van der Waals surface area contributed by atoms with E-state index in [9.17, 15) is 18.0 Å². The van der Waals surface area contributed by atoms with Gasteiger partial charge in [-0.15, -0.1) is 0 Å². The van der Waals surface area contributed by atoms with E-state index in [1.54, 1.807) is 6.92 Å². The summed E-state index contributed by atoms with van der Waals surface area (Å²) in [7, 11) is 1.30. The Hall–Kier alpha value is -1.66. The van der Waals surface area contributed by atoms with Crippen LogP contribution in [0, 0.1) is 6.92 Å². The smallest absolute Gasteiger partial charge is 0.340 e. The van der Waals surface area contributed by atoms with Crippen LogP contribution in [0.1, 0.15) is 22.6 Å². The molecule has 0 atom stereocenters. The van der Waals surface area contributed by atoms with Crippen LogP contribution >= 0.6 is 0 Å². The lowest BCUT2D eigenvalue weighted by molar-refractivity contribution is -0.136. The van der Waals surface area contributed by atoms with Gasteiger partial charge in [-0.05, 0) is 6.92 Å². The summed E-state index contributed by atoms with van der Waals surface area (Å²) in [6, 6.07) is 0. The van der Waals surface area contributed by atoms with Gasteiger partial charge in [0.05, 0.1) is 18.3 Å². The van der Waals surface area contributed by atoms with Gasteiger partial charge >= 0.3 is 6.18 Å². The van der Waals surface area contributed by atoms with Gasteiger partial charge in [-0.3, -0.25) is 9.78 Å². The fourth-order valence-electron chi connectivity index (χ4n) is 1.09. The second-order valence-electron chi connectivity index (χ2n) is 3.63. The lowest BCUT2D eigenvalue weighted by Gasteiger charge is -2.17. The van der Waals surface area contributed by atoms with E-state index in [0.29, 0.717) is 5.69 Å². The molecule has 0 aromatic carbocycles. The number of aryl methyl sites for hydroxylation is 1. The van der Waals surface area contributed by atoms with Gasteiger partial charge in [0.1, 0.15) is 5.69 Å². The molecule has 94 valence electrons. The minimum absolute atomic E-state index is 0.0419. The van der Waals surface area contributed by atoms with Crippen LogP contribution < -0.4 is 0 Å². The molecule has 1 heterocycles. The second kappa shape index (κ2) is 5.11. The Morgan fingerprint density at radius 1 is 1.35 bits per heavy atom. The molecule has 1 rings (SSSR count). The van der Waals surface area contributed by atoms with Crippen LogP contribution in [0.5, 0.6) is 0 Å². The molecule has 0 bridgehead atoms. The van der Waals surface area contributed by atoms with Crippen molar-refractivity contribution < 1.29 is 18.0 Å². The minimum Gasteiger partial charge on any atom is -0.340 e. The van der Waals surface area contributed by atoms with Crippen LogP contribution in [0.15, 0.2) is 12.4 Å². The molecule has 0 aliphatic carbocycles. The van der Waals surface area contributed by atoms with Crippen molar-refractivity contribution >= 4 is 5.91 Å². The number of halogens is 3. The quantitative estimate of drug-likeness (QED) is 0.818. The van der Waals surface area contributed by atoms with Gasteiger partial charge in [0.15, 0.2) is 0 Å². The van der Waals surface area contributed by atoms with E-state index in [0.717, 1.165) is 4.90 Å². The van der Waals surface area contributed by atoms with Gasteiger partial charge in [0.2, 0.25) is 0 Å². The number of hydrogen-bond acceptors (Lipinski definition) is 3. The molecule has 1 amide bonds. The molecule has 0 unspecified atom stereocenters. The molecule has 0 fully saturated rings. The summed E-state index contributed by atoms with van der Waals surface area (Å²) in [5, 5.41) is 0. The van der Waals surface area contributed by atoms with Crippen molar-refractivity contribution in [3.05, 3.63) is 23.8 Å². The molecular weight excluding hydrogens is 235 g/mol. The Balaban J connectivity index is 2.61. The van der Waals surface area contributed by atoms with Gasteiger partial charge in [0.25, 0.3) is 5.91 Å². The van der Waals surface area contributed by atoms with Crippen LogP contribution in [0.25, 0.3) is 0 Å². The van der Waals surface area contributed by atoms with Crippen LogP contribution in [0.4, 0.5) is 13.2 Å². The Morgan fingerprint density at radius 3 is 2.47 bits per heavy atom. The third-order valence-electron chi connectivity index (χ3n) is 2.08. The fraction of sp³-hybridized carbons (Fsp3) is 0.500. The third-order valence-corrected chi connectivity index (χ3v) is 2.08. The van der Waals surface area contributed by atoms with Gasteiger partial charge in [-0.25, -0.2) is 4.98 Å². The number of carbonyl (C=O) groups is 1. The number of aromatic nitrogens is 2. The largest absolute Gasteiger partial charge is 0.390 e. The summed E-state index contributed by atoms with van der Waals surface area (Å²) >= 11 is 0. The number of amides is 1. The SMILES string of the molecule is Cc1cnc(C(=O)N(C)CCC(F)(F)F)cn1. The number of rotatable bonds is 3. The molecule has 0 spiro atoms. The fourth-order valence-corrected chi connectivity index (χ4v) is 1.09. The van der Waals surface area contributed by atoms with Crippen molar-refractivity contribution in [2.75, 3.05) is 13.6 Å². The monoisotopic (exact) mass is 247 g/mol. The first-order valence-electron chi connectivity index (χ1n) is 4.90. The highest BCUT2D eigenvalue weighted by atomic mass is 19.4. The van der Waals surface area contributed by atoms with E-state index >= 15 is 0 Å². The number of hydrogen-bond donors (Lipinski definition) is 0. The van der Waals surface area contributed by atoms with E-state index in [2.05, 4.69) is 9.97 Å². The summed E-state index contributed by atoms with van der Waals surface area (Å²) in [6.07, 6.45) is -2.66. The first-order valence-corrected chi connectivity index (χ1v) is 4.90.